The molecule has 0 spiro atoms. The van der Waals surface area contributed by atoms with E-state index in [9.17, 15) is 0 Å². The second-order valence-electron chi connectivity index (χ2n) is 5.27. The molecular weight excluding hydrogens is 310 g/mol. The molecule has 0 radical (unpaired) electrons. The highest BCUT2D eigenvalue weighted by atomic mass is 35.5. The Balaban J connectivity index is 2.27. The van der Waals surface area contributed by atoms with E-state index >= 15 is 0 Å². The molecule has 0 heterocycles. The van der Waals surface area contributed by atoms with Crippen molar-refractivity contribution >= 4 is 35.0 Å². The first-order chi connectivity index (χ1) is 11.0. The summed E-state index contributed by atoms with van der Waals surface area (Å²) in [5, 5.41) is 4.03. The Morgan fingerprint density at radius 2 is 1.96 bits per heavy atom. The Kier molecular flexibility index (Phi) is 5.88. The van der Waals surface area contributed by atoms with Gasteiger partial charge in [0, 0.05) is 30.0 Å². The molecule has 0 atom stereocenters. The van der Waals surface area contributed by atoms with Crippen LogP contribution < -0.4 is 10.1 Å². The van der Waals surface area contributed by atoms with Crippen LogP contribution in [-0.2, 0) is 0 Å². The van der Waals surface area contributed by atoms with Gasteiger partial charge in [-0.2, -0.15) is 0 Å². The average Bonchev–Trinajstić information content (AvgIpc) is 2.56. The van der Waals surface area contributed by atoms with Crippen LogP contribution in [0.25, 0.3) is 0 Å². The Morgan fingerprint density at radius 1 is 1.26 bits per heavy atom. The maximum atomic E-state index is 6.24. The van der Waals surface area contributed by atoms with E-state index in [-0.39, 0.29) is 0 Å². The normalized spacial score (nSPS) is 10.8. The van der Waals surface area contributed by atoms with Gasteiger partial charge in [-0.05, 0) is 55.8 Å². The van der Waals surface area contributed by atoms with Crippen LogP contribution in [0.1, 0.15) is 12.5 Å². The predicted octanol–water partition coefficient (Wildman–Crippen LogP) is 5.01. The first-order valence-electron chi connectivity index (χ1n) is 7.49. The van der Waals surface area contributed by atoms with Crippen molar-refractivity contribution in [1.82, 2.24) is 4.90 Å². The van der Waals surface area contributed by atoms with Gasteiger partial charge in [-0.15, -0.1) is 0 Å². The summed E-state index contributed by atoms with van der Waals surface area (Å²) in [6, 6.07) is 11.5. The van der Waals surface area contributed by atoms with Crippen molar-refractivity contribution in [3.63, 3.8) is 0 Å². The number of aliphatic imine (C=N–C) groups is 1. The molecule has 1 N–H and O–H groups in total. The number of halogens is 1. The highest BCUT2D eigenvalue weighted by Gasteiger charge is 2.07. The molecule has 0 aliphatic carbocycles. The van der Waals surface area contributed by atoms with Crippen molar-refractivity contribution in [2.24, 2.45) is 4.99 Å². The van der Waals surface area contributed by atoms with Gasteiger partial charge in [0.15, 0.2) is 0 Å². The third-order valence-corrected chi connectivity index (χ3v) is 3.83. The number of benzene rings is 2. The van der Waals surface area contributed by atoms with Gasteiger partial charge in [0.1, 0.15) is 5.75 Å². The summed E-state index contributed by atoms with van der Waals surface area (Å²) in [5.74, 6) is 0.825. The van der Waals surface area contributed by atoms with Gasteiger partial charge in [0.2, 0.25) is 0 Å². The SMILES string of the molecule is CCN(C)C=Nc1cc(Cl)cc(Nc2ccc(OC)cc2)c1C. The molecule has 0 bridgehead atoms. The van der Waals surface area contributed by atoms with Gasteiger partial charge in [-0.3, -0.25) is 0 Å². The number of methoxy groups -OCH3 is 1. The summed E-state index contributed by atoms with van der Waals surface area (Å²) in [6.45, 7) is 5.01. The molecule has 0 fully saturated rings. The molecule has 0 saturated heterocycles. The summed E-state index contributed by atoms with van der Waals surface area (Å²) in [6.07, 6.45) is 1.82. The highest BCUT2D eigenvalue weighted by molar-refractivity contribution is 6.31. The second kappa shape index (κ2) is 7.88. The third kappa shape index (κ3) is 4.63. The summed E-state index contributed by atoms with van der Waals surface area (Å²) in [7, 11) is 3.64. The molecule has 2 aromatic rings. The lowest BCUT2D eigenvalue weighted by Gasteiger charge is -2.14. The number of rotatable bonds is 6. The zero-order chi connectivity index (χ0) is 16.8. The van der Waals surface area contributed by atoms with Crippen LogP contribution >= 0.6 is 11.6 Å². The van der Waals surface area contributed by atoms with Gasteiger partial charge in [-0.25, -0.2) is 4.99 Å². The molecule has 0 amide bonds. The molecule has 0 unspecified atom stereocenters. The fourth-order valence-electron chi connectivity index (χ4n) is 2.00. The number of nitrogens with zero attached hydrogens (tertiary/aromatic N) is 2. The van der Waals surface area contributed by atoms with E-state index < -0.39 is 0 Å². The Bertz CT molecular complexity index is 683. The summed E-state index contributed by atoms with van der Waals surface area (Å²) < 4.78 is 5.17. The monoisotopic (exact) mass is 331 g/mol. The molecular formula is C18H22ClN3O. The molecule has 0 saturated carbocycles. The van der Waals surface area contributed by atoms with Crippen LogP contribution in [0.4, 0.5) is 17.1 Å². The predicted molar refractivity (Wildman–Crippen MR) is 98.9 cm³/mol. The first kappa shape index (κ1) is 17.2. The molecule has 2 aromatic carbocycles. The van der Waals surface area contributed by atoms with Crippen LogP contribution in [0.3, 0.4) is 0 Å². The van der Waals surface area contributed by atoms with Crippen molar-refractivity contribution in [1.29, 1.82) is 0 Å². The number of anilines is 2. The van der Waals surface area contributed by atoms with Crippen LogP contribution in [0, 0.1) is 6.92 Å². The van der Waals surface area contributed by atoms with Crippen molar-refractivity contribution in [2.45, 2.75) is 13.8 Å². The van der Waals surface area contributed by atoms with E-state index in [1.807, 2.05) is 61.6 Å². The lowest BCUT2D eigenvalue weighted by Crippen LogP contribution is -2.14. The smallest absolute Gasteiger partial charge is 0.119 e. The fraction of sp³-hybridized carbons (Fsp3) is 0.278. The molecule has 0 aliphatic heterocycles. The summed E-state index contributed by atoms with van der Waals surface area (Å²) >= 11 is 6.24. The number of nitrogens with one attached hydrogen (secondary N) is 1. The Morgan fingerprint density at radius 3 is 2.57 bits per heavy atom. The third-order valence-electron chi connectivity index (χ3n) is 3.61. The minimum absolute atomic E-state index is 0.651. The number of ether oxygens (including phenoxy) is 1. The van der Waals surface area contributed by atoms with Gasteiger partial charge in [0.05, 0.1) is 19.1 Å². The molecule has 2 rings (SSSR count). The van der Waals surface area contributed by atoms with Crippen LogP contribution in [0.5, 0.6) is 5.75 Å². The lowest BCUT2D eigenvalue weighted by molar-refractivity contribution is 0.415. The first-order valence-corrected chi connectivity index (χ1v) is 7.87. The van der Waals surface area contributed by atoms with E-state index in [0.29, 0.717) is 5.02 Å². The summed E-state index contributed by atoms with van der Waals surface area (Å²) in [5.41, 5.74) is 3.81. The van der Waals surface area contributed by atoms with Gasteiger partial charge in [-0.1, -0.05) is 11.6 Å². The maximum Gasteiger partial charge on any atom is 0.119 e. The zero-order valence-corrected chi connectivity index (χ0v) is 14.7. The molecule has 122 valence electrons. The Labute approximate surface area is 142 Å². The maximum absolute atomic E-state index is 6.24. The van der Waals surface area contributed by atoms with Crippen molar-refractivity contribution in [2.75, 3.05) is 26.0 Å². The van der Waals surface area contributed by atoms with Crippen molar-refractivity contribution in [3.05, 3.63) is 47.0 Å². The van der Waals surface area contributed by atoms with E-state index in [1.165, 1.54) is 0 Å². The average molecular weight is 332 g/mol. The summed E-state index contributed by atoms with van der Waals surface area (Å²) in [4.78, 5) is 6.53. The fourth-order valence-corrected chi connectivity index (χ4v) is 2.21. The standard InChI is InChI=1S/C18H22ClN3O/c1-5-22(3)12-20-17-10-14(19)11-18(13(17)2)21-15-6-8-16(23-4)9-7-15/h6-12,21H,5H2,1-4H3. The van der Waals surface area contributed by atoms with E-state index in [2.05, 4.69) is 17.2 Å². The second-order valence-corrected chi connectivity index (χ2v) is 5.71. The van der Waals surface area contributed by atoms with Gasteiger partial charge in [0.25, 0.3) is 0 Å². The molecule has 0 aromatic heterocycles. The Hall–Kier alpha value is -2.20. The molecule has 0 aliphatic rings. The largest absolute Gasteiger partial charge is 0.497 e. The molecule has 4 nitrogen and oxygen atoms in total. The minimum atomic E-state index is 0.651. The van der Waals surface area contributed by atoms with Crippen LogP contribution in [0.15, 0.2) is 41.4 Å². The quantitative estimate of drug-likeness (QED) is 0.597. The zero-order valence-electron chi connectivity index (χ0n) is 13.9. The van der Waals surface area contributed by atoms with Crippen LogP contribution in [-0.4, -0.2) is 31.9 Å². The van der Waals surface area contributed by atoms with E-state index in [0.717, 1.165) is 34.9 Å². The van der Waals surface area contributed by atoms with Crippen LogP contribution in [0.2, 0.25) is 5.02 Å². The molecule has 5 heteroatoms. The van der Waals surface area contributed by atoms with E-state index in [1.54, 1.807) is 7.11 Å². The topological polar surface area (TPSA) is 36.9 Å². The van der Waals surface area contributed by atoms with Crippen molar-refractivity contribution in [3.8, 4) is 5.75 Å². The highest BCUT2D eigenvalue weighted by Crippen LogP contribution is 2.32. The molecule has 23 heavy (non-hydrogen) atoms. The number of hydrogen-bond acceptors (Lipinski definition) is 3. The van der Waals surface area contributed by atoms with Gasteiger partial charge < -0.3 is 15.0 Å². The minimum Gasteiger partial charge on any atom is -0.497 e. The van der Waals surface area contributed by atoms with Crippen molar-refractivity contribution < 1.29 is 4.74 Å². The van der Waals surface area contributed by atoms with E-state index in [4.69, 9.17) is 16.3 Å². The van der Waals surface area contributed by atoms with Gasteiger partial charge >= 0.3 is 0 Å². The lowest BCUT2D eigenvalue weighted by atomic mass is 10.1. The number of hydrogen-bond donors (Lipinski definition) is 1.